The van der Waals surface area contributed by atoms with Crippen LogP contribution in [0, 0.1) is 0 Å². The number of hydrogen-bond acceptors (Lipinski definition) is 10. The zero-order chi connectivity index (χ0) is 27.3. The Bertz CT molecular complexity index is 1170. The van der Waals surface area contributed by atoms with Crippen LogP contribution in [-0.4, -0.2) is 80.3 Å². The van der Waals surface area contributed by atoms with Crippen molar-refractivity contribution in [3.8, 4) is 5.75 Å². The number of aliphatic hydroxyl groups excluding tert-OH is 1. The third-order valence-electron chi connectivity index (χ3n) is 6.22. The molecule has 0 aromatic heterocycles. The number of aliphatic hydroxyl groups is 1. The van der Waals surface area contributed by atoms with Gasteiger partial charge in [0.05, 0.1) is 18.0 Å². The van der Waals surface area contributed by atoms with Crippen molar-refractivity contribution < 1.29 is 42.1 Å². The lowest BCUT2D eigenvalue weighted by atomic mass is 9.96. The van der Waals surface area contributed by atoms with Gasteiger partial charge in [-0.3, -0.25) is 0 Å². The molecule has 0 unspecified atom stereocenters. The van der Waals surface area contributed by atoms with Gasteiger partial charge in [-0.25, -0.2) is 13.2 Å². The number of hydrogen-bond donors (Lipinski definition) is 2. The summed E-state index contributed by atoms with van der Waals surface area (Å²) in [5.41, 5.74) is 3.42. The number of carbonyl (C=O) groups excluding carboxylic acids is 1. The average Bonchev–Trinajstić information content (AvgIpc) is 3.22. The van der Waals surface area contributed by atoms with Crippen LogP contribution in [0.2, 0.25) is 0 Å². The molecule has 4 atom stereocenters. The Morgan fingerprint density at radius 2 is 1.82 bits per heavy atom. The maximum absolute atomic E-state index is 13.7. The Morgan fingerprint density at radius 1 is 1.11 bits per heavy atom. The summed E-state index contributed by atoms with van der Waals surface area (Å²) in [5, 5.41) is 11.2. The van der Waals surface area contributed by atoms with Crippen molar-refractivity contribution in [1.29, 1.82) is 0 Å². The van der Waals surface area contributed by atoms with Crippen molar-refractivity contribution in [3.05, 3.63) is 60.2 Å². The first-order chi connectivity index (χ1) is 18.1. The number of nitrogens with one attached hydrogen (secondary N) is 1. The van der Waals surface area contributed by atoms with Gasteiger partial charge in [-0.2, -0.15) is 4.31 Å². The maximum Gasteiger partial charge on any atom is 0.345 e. The van der Waals surface area contributed by atoms with Gasteiger partial charge in [0.1, 0.15) is 30.7 Å². The van der Waals surface area contributed by atoms with E-state index >= 15 is 0 Å². The van der Waals surface area contributed by atoms with Gasteiger partial charge in [0.25, 0.3) is 0 Å². The van der Waals surface area contributed by atoms with E-state index in [0.717, 1.165) is 9.87 Å². The van der Waals surface area contributed by atoms with Crippen molar-refractivity contribution in [1.82, 2.24) is 9.79 Å². The van der Waals surface area contributed by atoms with Gasteiger partial charge in [0.15, 0.2) is 11.8 Å². The second kappa shape index (κ2) is 12.1. The summed E-state index contributed by atoms with van der Waals surface area (Å²) in [6, 6.07) is 13.5. The molecule has 4 rings (SSSR count). The van der Waals surface area contributed by atoms with E-state index in [1.807, 2.05) is 37.3 Å². The predicted molar refractivity (Wildman–Crippen MR) is 135 cm³/mol. The minimum Gasteiger partial charge on any atom is -0.491 e. The lowest BCUT2D eigenvalue weighted by Gasteiger charge is -2.40. The van der Waals surface area contributed by atoms with Crippen molar-refractivity contribution >= 4 is 16.0 Å². The monoisotopic (exact) mass is 550 g/mol. The summed E-state index contributed by atoms with van der Waals surface area (Å²) in [6.07, 6.45) is -3.22. The van der Waals surface area contributed by atoms with E-state index in [-0.39, 0.29) is 18.0 Å². The molecule has 2 aliphatic heterocycles. The molecule has 2 aromatic carbocycles. The van der Waals surface area contributed by atoms with Gasteiger partial charge in [-0.05, 0) is 50.6 Å². The molecule has 2 aromatic rings. The fourth-order valence-electron chi connectivity index (χ4n) is 4.49. The van der Waals surface area contributed by atoms with Gasteiger partial charge in [-0.15, -0.1) is 5.48 Å². The minimum absolute atomic E-state index is 0.0754. The number of rotatable bonds is 11. The summed E-state index contributed by atoms with van der Waals surface area (Å²) < 4.78 is 50.8. The molecule has 0 aliphatic carbocycles. The van der Waals surface area contributed by atoms with Crippen LogP contribution in [0.1, 0.15) is 26.3 Å². The standard InChI is InChI=1S/C26H34N2O9S/c1-4-33-14-15-34-19-10-12-20(13-11-19)38(31,32)28-17-21-24(36-26(2,3)35-21)23(29)22(28)25(30)37-27-16-18-8-6-5-7-9-18/h5-13,21-24,27,29H,4,14-17H2,1-3H3/t21-,22+,23+,24+/m0/s1. The lowest BCUT2D eigenvalue weighted by molar-refractivity contribution is -0.172. The Morgan fingerprint density at radius 3 is 2.50 bits per heavy atom. The largest absolute Gasteiger partial charge is 0.491 e. The Labute approximate surface area is 222 Å². The molecule has 208 valence electrons. The van der Waals surface area contributed by atoms with Crippen molar-refractivity contribution in [2.75, 3.05) is 26.4 Å². The molecule has 0 saturated carbocycles. The first-order valence-corrected chi connectivity index (χ1v) is 13.9. The highest BCUT2D eigenvalue weighted by molar-refractivity contribution is 7.89. The zero-order valence-electron chi connectivity index (χ0n) is 21.6. The number of ether oxygens (including phenoxy) is 4. The zero-order valence-corrected chi connectivity index (χ0v) is 22.4. The van der Waals surface area contributed by atoms with Gasteiger partial charge < -0.3 is 28.9 Å². The number of benzene rings is 2. The van der Waals surface area contributed by atoms with E-state index in [0.29, 0.717) is 25.6 Å². The molecule has 2 aliphatic rings. The van der Waals surface area contributed by atoms with Gasteiger partial charge in [0.2, 0.25) is 10.0 Å². The van der Waals surface area contributed by atoms with Crippen LogP contribution in [0.4, 0.5) is 0 Å². The van der Waals surface area contributed by atoms with Crippen LogP contribution in [0.3, 0.4) is 0 Å². The number of fused-ring (bicyclic) bond motifs is 1. The molecule has 0 radical (unpaired) electrons. The van der Waals surface area contributed by atoms with E-state index in [4.69, 9.17) is 23.8 Å². The molecule has 38 heavy (non-hydrogen) atoms. The van der Waals surface area contributed by atoms with Crippen molar-refractivity contribution in [3.63, 3.8) is 0 Å². The van der Waals surface area contributed by atoms with Crippen molar-refractivity contribution in [2.45, 2.75) is 62.4 Å². The molecule has 0 amide bonds. The Balaban J connectivity index is 1.53. The van der Waals surface area contributed by atoms with E-state index in [2.05, 4.69) is 5.48 Å². The molecular formula is C26H34N2O9S. The van der Waals surface area contributed by atoms with Crippen LogP contribution in [0.5, 0.6) is 5.75 Å². The number of hydroxylamine groups is 1. The fraction of sp³-hybridized carbons (Fsp3) is 0.500. The van der Waals surface area contributed by atoms with Crippen LogP contribution in [0.25, 0.3) is 0 Å². The van der Waals surface area contributed by atoms with Crippen molar-refractivity contribution in [2.24, 2.45) is 0 Å². The Kier molecular flexibility index (Phi) is 9.04. The summed E-state index contributed by atoms with van der Waals surface area (Å²) in [4.78, 5) is 18.3. The summed E-state index contributed by atoms with van der Waals surface area (Å²) in [6.45, 7) is 6.49. The normalized spacial score (nSPS) is 25.1. The predicted octanol–water partition coefficient (Wildman–Crippen LogP) is 1.60. The molecule has 0 bridgehead atoms. The third-order valence-corrected chi connectivity index (χ3v) is 8.08. The fourth-order valence-corrected chi connectivity index (χ4v) is 6.10. The third kappa shape index (κ3) is 6.52. The highest BCUT2D eigenvalue weighted by Gasteiger charge is 2.57. The van der Waals surface area contributed by atoms with Gasteiger partial charge >= 0.3 is 5.97 Å². The van der Waals surface area contributed by atoms with Crippen LogP contribution >= 0.6 is 0 Å². The van der Waals surface area contributed by atoms with E-state index < -0.39 is 46.1 Å². The number of nitrogens with zero attached hydrogens (tertiary/aromatic N) is 1. The van der Waals surface area contributed by atoms with Gasteiger partial charge in [0, 0.05) is 13.2 Å². The number of sulfonamides is 1. The van der Waals surface area contributed by atoms with E-state index in [1.165, 1.54) is 24.3 Å². The first-order valence-electron chi connectivity index (χ1n) is 12.5. The number of piperidine rings is 1. The number of carbonyl (C=O) groups is 1. The summed E-state index contributed by atoms with van der Waals surface area (Å²) in [5.74, 6) is -1.55. The molecule has 2 N–H and O–H groups in total. The summed E-state index contributed by atoms with van der Waals surface area (Å²) in [7, 11) is -4.26. The molecule has 2 heterocycles. The quantitative estimate of drug-likeness (QED) is 0.314. The molecule has 12 heteroatoms. The van der Waals surface area contributed by atoms with Gasteiger partial charge in [-0.1, -0.05) is 30.3 Å². The minimum atomic E-state index is -4.26. The second-order valence-electron chi connectivity index (χ2n) is 9.39. The highest BCUT2D eigenvalue weighted by atomic mass is 32.2. The SMILES string of the molecule is CCOCCOc1ccc(S(=O)(=O)N2C[C@@H]3OC(C)(C)O[C@H]3[C@H](O)[C@@H]2C(=O)ONCc2ccccc2)cc1. The maximum atomic E-state index is 13.7. The van der Waals surface area contributed by atoms with Crippen LogP contribution in [-0.2, 0) is 40.4 Å². The molecular weight excluding hydrogens is 516 g/mol. The highest BCUT2D eigenvalue weighted by Crippen LogP contribution is 2.38. The van der Waals surface area contributed by atoms with Crippen LogP contribution < -0.4 is 10.2 Å². The van der Waals surface area contributed by atoms with E-state index in [9.17, 15) is 18.3 Å². The topological polar surface area (TPSA) is 133 Å². The molecule has 2 saturated heterocycles. The first kappa shape index (κ1) is 28.4. The van der Waals surface area contributed by atoms with E-state index in [1.54, 1.807) is 13.8 Å². The molecule has 2 fully saturated rings. The smallest absolute Gasteiger partial charge is 0.345 e. The average molecular weight is 551 g/mol. The summed E-state index contributed by atoms with van der Waals surface area (Å²) >= 11 is 0. The molecule has 11 nitrogen and oxygen atoms in total. The molecule has 0 spiro atoms. The second-order valence-corrected chi connectivity index (χ2v) is 11.3. The lowest BCUT2D eigenvalue weighted by Crippen LogP contribution is -2.64. The van der Waals surface area contributed by atoms with Crippen LogP contribution in [0.15, 0.2) is 59.5 Å². The Hall–Kier alpha value is -2.58.